The Morgan fingerprint density at radius 2 is 1.00 bits per heavy atom. The average molecular weight is 306 g/mol. The molecule has 0 unspecified atom stereocenters. The van der Waals surface area contributed by atoms with Crippen LogP contribution >= 0.6 is 0 Å². The second-order valence-electron chi connectivity index (χ2n) is 5.63. The summed E-state index contributed by atoms with van der Waals surface area (Å²) in [5.74, 6) is 1.13. The van der Waals surface area contributed by atoms with Gasteiger partial charge in [-0.25, -0.2) is 0 Å². The van der Waals surface area contributed by atoms with Crippen molar-refractivity contribution in [2.75, 3.05) is 0 Å². The average Bonchev–Trinajstić information content (AvgIpc) is 2.45. The van der Waals surface area contributed by atoms with Crippen LogP contribution in [0.25, 0.3) is 0 Å². The first-order chi connectivity index (χ1) is 11.0. The molecule has 0 amide bonds. The lowest BCUT2D eigenvalue weighted by atomic mass is 9.91. The molecule has 4 nitrogen and oxygen atoms in total. The first-order valence-electron chi connectivity index (χ1n) is 7.28. The zero-order valence-electron chi connectivity index (χ0n) is 13.7. The monoisotopic (exact) mass is 306 g/mol. The van der Waals surface area contributed by atoms with E-state index in [1.54, 1.807) is 12.5 Å². The quantitative estimate of drug-likeness (QED) is 0.793. The van der Waals surface area contributed by atoms with Gasteiger partial charge in [0.15, 0.2) is 0 Å². The summed E-state index contributed by atoms with van der Waals surface area (Å²) in [5.41, 5.74) is 6.79. The zero-order valence-corrected chi connectivity index (χ0v) is 13.7. The number of nitrogens with zero attached hydrogens (tertiary/aromatic N) is 2. The summed E-state index contributed by atoms with van der Waals surface area (Å²) < 4.78 is 9.84. The van der Waals surface area contributed by atoms with Crippen molar-refractivity contribution in [3.63, 3.8) is 0 Å². The number of aryl methyl sites for hydroxylation is 4. The molecule has 0 saturated carbocycles. The summed E-state index contributed by atoms with van der Waals surface area (Å²) in [6.07, 6.45) is 4.19. The Kier molecular flexibility index (Phi) is 4.88. The fraction of sp³-hybridized carbons (Fsp3) is 0.263. The van der Waals surface area contributed by atoms with Crippen molar-refractivity contribution >= 4 is 0 Å². The summed E-state index contributed by atoms with van der Waals surface area (Å²) in [7, 11) is 0. The summed E-state index contributed by atoms with van der Waals surface area (Å²) in [6.45, 7) is 8.07. The Labute approximate surface area is 136 Å². The zero-order chi connectivity index (χ0) is 17.0. The van der Waals surface area contributed by atoms with Gasteiger partial charge >= 0.3 is 0 Å². The van der Waals surface area contributed by atoms with Crippen molar-refractivity contribution in [2.45, 2.75) is 34.1 Å². The van der Waals surface area contributed by atoms with Gasteiger partial charge in [-0.1, -0.05) is 0 Å². The van der Waals surface area contributed by atoms with Gasteiger partial charge in [-0.3, -0.25) is 0 Å². The van der Waals surface area contributed by atoms with E-state index in [0.717, 1.165) is 28.7 Å². The van der Waals surface area contributed by atoms with Crippen LogP contribution in [0.2, 0.25) is 0 Å². The van der Waals surface area contributed by atoms with E-state index in [4.69, 9.17) is 20.0 Å². The fourth-order valence-corrected chi connectivity index (χ4v) is 2.87. The molecule has 2 aromatic carbocycles. The van der Waals surface area contributed by atoms with Crippen molar-refractivity contribution in [1.29, 1.82) is 10.5 Å². The molecule has 4 heteroatoms. The van der Waals surface area contributed by atoms with Crippen molar-refractivity contribution in [1.82, 2.24) is 0 Å². The first kappa shape index (κ1) is 16.4. The normalized spacial score (nSPS) is 9.83. The number of hydrogen-bond donors (Lipinski definition) is 0. The molecule has 0 aliphatic heterocycles. The van der Waals surface area contributed by atoms with Crippen LogP contribution in [0.5, 0.6) is 11.5 Å². The molecule has 0 heterocycles. The van der Waals surface area contributed by atoms with Crippen molar-refractivity contribution in [3.05, 3.63) is 57.6 Å². The van der Waals surface area contributed by atoms with E-state index in [2.05, 4.69) is 0 Å². The van der Waals surface area contributed by atoms with Crippen LogP contribution in [0, 0.1) is 50.7 Å². The van der Waals surface area contributed by atoms with Gasteiger partial charge in [0, 0.05) is 0 Å². The first-order valence-corrected chi connectivity index (χ1v) is 7.28. The second-order valence-corrected chi connectivity index (χ2v) is 5.63. The number of benzene rings is 2. The smallest absolute Gasteiger partial charge is 0.292 e. The molecular formula is C19H18N2O2. The van der Waals surface area contributed by atoms with Gasteiger partial charge in [0.2, 0.25) is 0 Å². The largest absolute Gasteiger partial charge is 0.388 e. The van der Waals surface area contributed by atoms with E-state index in [0.29, 0.717) is 11.5 Å². The Balaban J connectivity index is 2.41. The molecule has 0 N–H and O–H groups in total. The molecule has 0 radical (unpaired) electrons. The van der Waals surface area contributed by atoms with Crippen LogP contribution in [-0.4, -0.2) is 0 Å². The molecule has 0 aliphatic carbocycles. The van der Waals surface area contributed by atoms with Gasteiger partial charge in [-0.2, -0.15) is 0 Å². The molecule has 0 fully saturated rings. The third-order valence-corrected chi connectivity index (χ3v) is 4.02. The van der Waals surface area contributed by atoms with E-state index in [9.17, 15) is 0 Å². The molecule has 0 aromatic heterocycles. The molecule has 0 saturated heterocycles. The van der Waals surface area contributed by atoms with Crippen LogP contribution in [0.1, 0.15) is 33.4 Å². The highest BCUT2D eigenvalue weighted by Gasteiger charge is 2.12. The molecule has 2 rings (SSSR count). The lowest BCUT2D eigenvalue weighted by Gasteiger charge is -2.15. The van der Waals surface area contributed by atoms with Crippen molar-refractivity contribution < 1.29 is 9.47 Å². The Morgan fingerprint density at radius 1 is 0.696 bits per heavy atom. The molecule has 2 aromatic rings. The number of rotatable bonds is 4. The highest BCUT2D eigenvalue weighted by atomic mass is 16.5. The fourth-order valence-electron chi connectivity index (χ4n) is 2.87. The maximum absolute atomic E-state index is 8.64. The molecular weight excluding hydrogens is 288 g/mol. The van der Waals surface area contributed by atoms with Crippen LogP contribution in [0.4, 0.5) is 0 Å². The summed E-state index contributed by atoms with van der Waals surface area (Å²) >= 11 is 0. The van der Waals surface area contributed by atoms with Crippen LogP contribution < -0.4 is 9.47 Å². The predicted octanol–water partition coefficient (Wildman–Crippen LogP) is 4.23. The number of ether oxygens (including phenoxy) is 2. The summed E-state index contributed by atoms with van der Waals surface area (Å²) in [5, 5.41) is 17.3. The van der Waals surface area contributed by atoms with Gasteiger partial charge in [-0.05, 0) is 91.8 Å². The van der Waals surface area contributed by atoms with Gasteiger partial charge < -0.3 is 9.47 Å². The Bertz CT molecular complexity index is 711. The lowest BCUT2D eigenvalue weighted by Crippen LogP contribution is -2.01. The highest BCUT2D eigenvalue weighted by Crippen LogP contribution is 2.28. The third kappa shape index (κ3) is 3.62. The molecule has 116 valence electrons. The molecule has 0 atom stereocenters. The van der Waals surface area contributed by atoms with Gasteiger partial charge in [0.1, 0.15) is 11.5 Å². The molecule has 23 heavy (non-hydrogen) atoms. The minimum Gasteiger partial charge on any atom is -0.388 e. The van der Waals surface area contributed by atoms with E-state index in [-0.39, 0.29) is 0 Å². The number of nitriles is 2. The van der Waals surface area contributed by atoms with Gasteiger partial charge in [0.25, 0.3) is 12.5 Å². The topological polar surface area (TPSA) is 66.0 Å². The van der Waals surface area contributed by atoms with E-state index >= 15 is 0 Å². The molecule has 0 bridgehead atoms. The van der Waals surface area contributed by atoms with Crippen LogP contribution in [0.3, 0.4) is 0 Å². The van der Waals surface area contributed by atoms with Crippen LogP contribution in [-0.2, 0) is 6.42 Å². The molecule has 0 spiro atoms. The predicted molar refractivity (Wildman–Crippen MR) is 87.1 cm³/mol. The third-order valence-electron chi connectivity index (χ3n) is 4.02. The van der Waals surface area contributed by atoms with Crippen LogP contribution in [0.15, 0.2) is 24.3 Å². The Hall–Kier alpha value is -2.98. The van der Waals surface area contributed by atoms with Crippen molar-refractivity contribution in [3.8, 4) is 24.0 Å². The minimum absolute atomic E-state index is 0.567. The lowest BCUT2D eigenvalue weighted by molar-refractivity contribution is 0.506. The number of hydrogen-bond acceptors (Lipinski definition) is 4. The standard InChI is InChI=1S/C19H18N2O2/c1-12-5-16(22-10-20)6-13(2)18(12)9-19-14(3)7-17(23-11-21)8-15(19)4/h5-8H,9H2,1-4H3. The molecule has 0 aliphatic rings. The Morgan fingerprint density at radius 3 is 1.26 bits per heavy atom. The summed E-state index contributed by atoms with van der Waals surface area (Å²) in [4.78, 5) is 0. The highest BCUT2D eigenvalue weighted by molar-refractivity contribution is 5.48. The minimum atomic E-state index is 0.567. The summed E-state index contributed by atoms with van der Waals surface area (Å²) in [6, 6.07) is 7.51. The van der Waals surface area contributed by atoms with E-state index in [1.807, 2.05) is 52.0 Å². The maximum Gasteiger partial charge on any atom is 0.292 e. The van der Waals surface area contributed by atoms with E-state index in [1.165, 1.54) is 11.1 Å². The maximum atomic E-state index is 8.64. The van der Waals surface area contributed by atoms with Gasteiger partial charge in [-0.15, -0.1) is 10.5 Å². The SMILES string of the molecule is Cc1cc(OC#N)cc(C)c1Cc1c(C)cc(OC#N)cc1C. The van der Waals surface area contributed by atoms with Crippen molar-refractivity contribution in [2.24, 2.45) is 0 Å². The van der Waals surface area contributed by atoms with E-state index < -0.39 is 0 Å². The second kappa shape index (κ2) is 6.85. The van der Waals surface area contributed by atoms with Gasteiger partial charge in [0.05, 0.1) is 0 Å².